The quantitative estimate of drug-likeness (QED) is 0.624. The maximum atomic E-state index is 9.09. The molecule has 0 amide bonds. The first-order valence-electron chi connectivity index (χ1n) is 8.26. The number of rotatable bonds is 8. The van der Waals surface area contributed by atoms with Crippen LogP contribution in [0.25, 0.3) is 0 Å². The molecule has 8 nitrogen and oxygen atoms in total. The second-order valence-corrected chi connectivity index (χ2v) is 5.61. The zero-order chi connectivity index (χ0) is 17.5. The van der Waals surface area contributed by atoms with Crippen molar-refractivity contribution in [2.45, 2.75) is 33.0 Å². The van der Waals surface area contributed by atoms with Gasteiger partial charge in [-0.25, -0.2) is 9.97 Å². The van der Waals surface area contributed by atoms with Crippen LogP contribution in [0.5, 0.6) is 0 Å². The van der Waals surface area contributed by atoms with Crippen LogP contribution in [0.4, 0.5) is 5.95 Å². The number of hydrogen-bond donors (Lipinski definition) is 0. The molecule has 3 rings (SSSR count). The van der Waals surface area contributed by atoms with Crippen molar-refractivity contribution in [2.75, 3.05) is 11.4 Å². The predicted molar refractivity (Wildman–Crippen MR) is 92.5 cm³/mol. The van der Waals surface area contributed by atoms with Crippen molar-refractivity contribution >= 4 is 5.95 Å². The Bertz CT molecular complexity index is 830. The van der Waals surface area contributed by atoms with Gasteiger partial charge in [0.1, 0.15) is 11.8 Å². The molecule has 25 heavy (non-hydrogen) atoms. The molecule has 3 heterocycles. The molecular formula is C17H20N8. The largest absolute Gasteiger partial charge is 0.333 e. The van der Waals surface area contributed by atoms with Crippen LogP contribution in [0.2, 0.25) is 0 Å². The summed E-state index contributed by atoms with van der Waals surface area (Å²) in [6.07, 6.45) is 8.30. The van der Waals surface area contributed by atoms with Crippen LogP contribution in [0.3, 0.4) is 0 Å². The highest BCUT2D eigenvalue weighted by atomic mass is 15.3. The normalized spacial score (nSPS) is 10.6. The van der Waals surface area contributed by atoms with Gasteiger partial charge in [-0.05, 0) is 24.6 Å². The van der Waals surface area contributed by atoms with Gasteiger partial charge in [0.05, 0.1) is 18.8 Å². The summed E-state index contributed by atoms with van der Waals surface area (Å²) in [7, 11) is 0. The Morgan fingerprint density at radius 3 is 2.84 bits per heavy atom. The third-order valence-corrected chi connectivity index (χ3v) is 3.70. The van der Waals surface area contributed by atoms with E-state index in [-0.39, 0.29) is 0 Å². The Morgan fingerprint density at radius 1 is 1.16 bits per heavy atom. The molecule has 0 aromatic carbocycles. The van der Waals surface area contributed by atoms with E-state index in [1.807, 2.05) is 38.8 Å². The molecule has 0 unspecified atom stereocenters. The highest BCUT2D eigenvalue weighted by Gasteiger charge is 2.13. The van der Waals surface area contributed by atoms with Crippen molar-refractivity contribution in [1.82, 2.24) is 29.5 Å². The van der Waals surface area contributed by atoms with E-state index in [2.05, 4.69) is 33.2 Å². The predicted octanol–water partition coefficient (Wildman–Crippen LogP) is 1.86. The minimum Gasteiger partial charge on any atom is -0.333 e. The molecule has 0 N–H and O–H groups in total. The Labute approximate surface area is 146 Å². The maximum absolute atomic E-state index is 9.09. The first kappa shape index (κ1) is 16.6. The molecule has 3 aromatic rings. The molecule has 0 saturated carbocycles. The molecule has 0 aliphatic heterocycles. The first-order valence-corrected chi connectivity index (χ1v) is 8.26. The topological polar surface area (TPSA) is 88.5 Å². The van der Waals surface area contributed by atoms with Crippen molar-refractivity contribution in [2.24, 2.45) is 0 Å². The highest BCUT2D eigenvalue weighted by molar-refractivity contribution is 5.34. The second kappa shape index (κ2) is 8.06. The summed E-state index contributed by atoms with van der Waals surface area (Å²) < 4.78 is 3.80. The van der Waals surface area contributed by atoms with Crippen LogP contribution in [0, 0.1) is 11.3 Å². The van der Waals surface area contributed by atoms with E-state index in [0.29, 0.717) is 31.3 Å². The zero-order valence-corrected chi connectivity index (χ0v) is 14.2. The Morgan fingerprint density at radius 2 is 2.08 bits per heavy atom. The van der Waals surface area contributed by atoms with Gasteiger partial charge >= 0.3 is 0 Å². The zero-order valence-electron chi connectivity index (χ0n) is 14.2. The molecule has 0 spiro atoms. The highest BCUT2D eigenvalue weighted by Crippen LogP contribution is 2.12. The Balaban J connectivity index is 1.78. The van der Waals surface area contributed by atoms with Gasteiger partial charge in [0.25, 0.3) is 0 Å². The van der Waals surface area contributed by atoms with E-state index < -0.39 is 0 Å². The van der Waals surface area contributed by atoms with Crippen LogP contribution in [-0.2, 0) is 19.6 Å². The van der Waals surface area contributed by atoms with Gasteiger partial charge in [0.2, 0.25) is 5.95 Å². The molecular weight excluding hydrogens is 316 g/mol. The number of aromatic nitrogens is 6. The van der Waals surface area contributed by atoms with Crippen molar-refractivity contribution in [1.29, 1.82) is 5.26 Å². The van der Waals surface area contributed by atoms with Gasteiger partial charge in [0, 0.05) is 37.9 Å². The number of nitriles is 1. The van der Waals surface area contributed by atoms with E-state index in [1.165, 1.54) is 0 Å². The minimum atomic E-state index is 0.352. The monoisotopic (exact) mass is 336 g/mol. The standard InChI is InChI=1S/C17H20N8/c1-2-8-25-10-5-16(22-25)14-23(11-12-24-9-3-6-20-24)17-19-7-4-15(13-18)21-17/h3-7,9-10H,2,8,11-12,14H2,1H3. The van der Waals surface area contributed by atoms with Gasteiger partial charge in [-0.2, -0.15) is 15.5 Å². The van der Waals surface area contributed by atoms with Gasteiger partial charge in [-0.3, -0.25) is 9.36 Å². The lowest BCUT2D eigenvalue weighted by Gasteiger charge is -2.21. The average Bonchev–Trinajstić information content (AvgIpc) is 3.31. The lowest BCUT2D eigenvalue weighted by molar-refractivity contribution is 0.571. The van der Waals surface area contributed by atoms with E-state index in [9.17, 15) is 0 Å². The maximum Gasteiger partial charge on any atom is 0.226 e. The molecule has 8 heteroatoms. The number of hydrogen-bond acceptors (Lipinski definition) is 6. The van der Waals surface area contributed by atoms with Crippen LogP contribution < -0.4 is 4.90 Å². The summed E-state index contributed by atoms with van der Waals surface area (Å²) in [5.41, 5.74) is 1.30. The number of anilines is 1. The van der Waals surface area contributed by atoms with Gasteiger partial charge in [-0.1, -0.05) is 6.92 Å². The van der Waals surface area contributed by atoms with E-state index >= 15 is 0 Å². The fraction of sp³-hybridized carbons (Fsp3) is 0.353. The minimum absolute atomic E-state index is 0.352. The molecule has 0 aliphatic rings. The Kier molecular flexibility index (Phi) is 5.36. The van der Waals surface area contributed by atoms with Crippen molar-refractivity contribution < 1.29 is 0 Å². The van der Waals surface area contributed by atoms with Crippen LogP contribution in [0.1, 0.15) is 24.7 Å². The third kappa shape index (κ3) is 4.41. The summed E-state index contributed by atoms with van der Waals surface area (Å²) in [5, 5.41) is 17.9. The van der Waals surface area contributed by atoms with E-state index in [4.69, 9.17) is 5.26 Å². The Hall–Kier alpha value is -3.21. The van der Waals surface area contributed by atoms with E-state index in [1.54, 1.807) is 18.5 Å². The van der Waals surface area contributed by atoms with Crippen molar-refractivity contribution in [3.8, 4) is 6.07 Å². The molecule has 0 atom stereocenters. The van der Waals surface area contributed by atoms with E-state index in [0.717, 1.165) is 18.7 Å². The molecule has 0 aliphatic carbocycles. The van der Waals surface area contributed by atoms with Crippen molar-refractivity contribution in [3.05, 3.63) is 54.4 Å². The fourth-order valence-corrected chi connectivity index (χ4v) is 2.51. The molecule has 128 valence electrons. The van der Waals surface area contributed by atoms with Crippen molar-refractivity contribution in [3.63, 3.8) is 0 Å². The molecule has 0 fully saturated rings. The second-order valence-electron chi connectivity index (χ2n) is 5.61. The SMILES string of the molecule is CCCn1ccc(CN(CCn2cccn2)c2nccc(C#N)n2)n1. The van der Waals surface area contributed by atoms with Crippen LogP contribution in [0.15, 0.2) is 43.0 Å². The number of aryl methyl sites for hydroxylation is 1. The third-order valence-electron chi connectivity index (χ3n) is 3.70. The van der Waals surface area contributed by atoms with Gasteiger partial charge in [-0.15, -0.1) is 0 Å². The fourth-order valence-electron chi connectivity index (χ4n) is 2.51. The summed E-state index contributed by atoms with van der Waals surface area (Å²) in [4.78, 5) is 10.7. The summed E-state index contributed by atoms with van der Waals surface area (Å²) >= 11 is 0. The van der Waals surface area contributed by atoms with Gasteiger partial charge in [0.15, 0.2) is 0 Å². The lowest BCUT2D eigenvalue weighted by Crippen LogP contribution is -2.29. The lowest BCUT2D eigenvalue weighted by atomic mass is 10.3. The molecule has 0 saturated heterocycles. The van der Waals surface area contributed by atoms with Crippen LogP contribution in [-0.4, -0.2) is 36.1 Å². The molecule has 0 bridgehead atoms. The number of nitrogens with zero attached hydrogens (tertiary/aromatic N) is 8. The first-order chi connectivity index (χ1) is 12.3. The van der Waals surface area contributed by atoms with Crippen LogP contribution >= 0.6 is 0 Å². The smallest absolute Gasteiger partial charge is 0.226 e. The average molecular weight is 336 g/mol. The summed E-state index contributed by atoms with van der Waals surface area (Å²) in [5.74, 6) is 0.524. The molecule has 3 aromatic heterocycles. The molecule has 0 radical (unpaired) electrons. The van der Waals surface area contributed by atoms with Gasteiger partial charge < -0.3 is 4.90 Å². The summed E-state index contributed by atoms with van der Waals surface area (Å²) in [6.45, 7) is 4.96. The summed E-state index contributed by atoms with van der Waals surface area (Å²) in [6, 6.07) is 7.56.